The number of aliphatic hydroxyl groups is 1. The van der Waals surface area contributed by atoms with Gasteiger partial charge in [0.25, 0.3) is 0 Å². The number of hydrogen-bond donors (Lipinski definition) is 1. The van der Waals surface area contributed by atoms with Gasteiger partial charge >= 0.3 is 0 Å². The minimum atomic E-state index is -1.30. The molecule has 3 rings (SSSR count). The Morgan fingerprint density at radius 1 is 1.15 bits per heavy atom. The summed E-state index contributed by atoms with van der Waals surface area (Å²) in [6.07, 6.45) is 0.976. The van der Waals surface area contributed by atoms with E-state index in [4.69, 9.17) is 0 Å². The lowest BCUT2D eigenvalue weighted by atomic mass is 9.97. The summed E-state index contributed by atoms with van der Waals surface area (Å²) in [6.45, 7) is 0. The van der Waals surface area contributed by atoms with Crippen molar-refractivity contribution in [3.8, 4) is 0 Å². The second kappa shape index (κ2) is 5.26. The Morgan fingerprint density at radius 2 is 1.90 bits per heavy atom. The van der Waals surface area contributed by atoms with E-state index in [1.54, 1.807) is 6.07 Å². The van der Waals surface area contributed by atoms with Crippen molar-refractivity contribution in [1.29, 1.82) is 0 Å². The number of aliphatic hydroxyl groups excluding tert-OH is 1. The summed E-state index contributed by atoms with van der Waals surface area (Å²) >= 11 is 3.02. The Bertz CT molecular complexity index is 653. The van der Waals surface area contributed by atoms with Crippen molar-refractivity contribution in [1.82, 2.24) is 0 Å². The van der Waals surface area contributed by atoms with Crippen LogP contribution in [0.5, 0.6) is 0 Å². The Hall–Kier alpha value is -1.26. The molecule has 20 heavy (non-hydrogen) atoms. The van der Waals surface area contributed by atoms with E-state index < -0.39 is 17.7 Å². The van der Waals surface area contributed by atoms with E-state index in [1.165, 1.54) is 6.07 Å². The Balaban J connectivity index is 2.02. The van der Waals surface area contributed by atoms with Crippen LogP contribution in [-0.2, 0) is 0 Å². The fourth-order valence-corrected chi connectivity index (χ4v) is 2.71. The first-order valence-electron chi connectivity index (χ1n) is 6.49. The van der Waals surface area contributed by atoms with Gasteiger partial charge in [-0.05, 0) is 57.9 Å². The highest BCUT2D eigenvalue weighted by Crippen LogP contribution is 2.41. The summed E-state index contributed by atoms with van der Waals surface area (Å²) in [5.41, 5.74) is 1.33. The number of rotatable bonds is 3. The molecule has 0 saturated heterocycles. The molecule has 1 N–H and O–H groups in total. The first-order valence-corrected chi connectivity index (χ1v) is 7.28. The quantitative estimate of drug-likeness (QED) is 0.805. The van der Waals surface area contributed by atoms with E-state index in [2.05, 4.69) is 15.9 Å². The molecule has 0 radical (unpaired) electrons. The molecule has 1 aliphatic rings. The smallest absolute Gasteiger partial charge is 0.146 e. The van der Waals surface area contributed by atoms with Crippen molar-refractivity contribution in [2.75, 3.05) is 0 Å². The molecule has 1 nitrogen and oxygen atoms in total. The third kappa shape index (κ3) is 2.50. The molecular weight excluding hydrogens is 326 g/mol. The van der Waals surface area contributed by atoms with Crippen molar-refractivity contribution in [2.45, 2.75) is 24.9 Å². The molecule has 0 aromatic heterocycles. The van der Waals surface area contributed by atoms with Gasteiger partial charge in [-0.3, -0.25) is 0 Å². The molecule has 0 amide bonds. The van der Waals surface area contributed by atoms with Gasteiger partial charge in [0.15, 0.2) is 0 Å². The second-order valence-corrected chi connectivity index (χ2v) is 5.96. The van der Waals surface area contributed by atoms with Crippen LogP contribution in [0.2, 0.25) is 0 Å². The third-order valence-electron chi connectivity index (χ3n) is 3.63. The van der Waals surface area contributed by atoms with Gasteiger partial charge in [0, 0.05) is 0 Å². The maximum atomic E-state index is 14.0. The van der Waals surface area contributed by atoms with E-state index in [9.17, 15) is 13.9 Å². The van der Waals surface area contributed by atoms with Crippen LogP contribution in [0.1, 0.15) is 41.6 Å². The average Bonchev–Trinajstić information content (AvgIpc) is 3.28. The lowest BCUT2D eigenvalue weighted by molar-refractivity contribution is 0.208. The highest BCUT2D eigenvalue weighted by Gasteiger charge is 2.26. The van der Waals surface area contributed by atoms with E-state index in [1.807, 2.05) is 18.2 Å². The largest absolute Gasteiger partial charge is 0.383 e. The van der Waals surface area contributed by atoms with Gasteiger partial charge < -0.3 is 5.11 Å². The molecule has 1 saturated carbocycles. The van der Waals surface area contributed by atoms with Gasteiger partial charge in [0.2, 0.25) is 0 Å². The summed E-state index contributed by atoms with van der Waals surface area (Å²) in [7, 11) is 0. The molecule has 0 aliphatic heterocycles. The van der Waals surface area contributed by atoms with Gasteiger partial charge in [0.05, 0.1) is 10.0 Å². The summed E-state index contributed by atoms with van der Waals surface area (Å²) < 4.78 is 28.0. The van der Waals surface area contributed by atoms with Crippen molar-refractivity contribution in [3.63, 3.8) is 0 Å². The van der Waals surface area contributed by atoms with Gasteiger partial charge in [-0.15, -0.1) is 0 Å². The van der Waals surface area contributed by atoms with Crippen LogP contribution in [0.4, 0.5) is 8.78 Å². The second-order valence-electron chi connectivity index (χ2n) is 5.10. The van der Waals surface area contributed by atoms with Gasteiger partial charge in [-0.2, -0.15) is 0 Å². The van der Waals surface area contributed by atoms with Gasteiger partial charge in [-0.25, -0.2) is 8.78 Å². The normalized spacial score (nSPS) is 16.2. The standard InChI is InChI=1S/C16H13BrF2O/c17-12-6-7-13(18)14(15(12)19)16(20)11-3-1-2-10(8-11)9-4-5-9/h1-3,6-9,16,20H,4-5H2. The molecule has 4 heteroatoms. The van der Waals surface area contributed by atoms with Crippen LogP contribution in [0, 0.1) is 11.6 Å². The highest BCUT2D eigenvalue weighted by molar-refractivity contribution is 9.10. The van der Waals surface area contributed by atoms with Crippen LogP contribution in [0.15, 0.2) is 40.9 Å². The van der Waals surface area contributed by atoms with E-state index in [0.717, 1.165) is 24.5 Å². The van der Waals surface area contributed by atoms with Gasteiger partial charge in [0.1, 0.15) is 17.7 Å². The number of benzene rings is 2. The molecule has 0 spiro atoms. The predicted molar refractivity (Wildman–Crippen MR) is 76.5 cm³/mol. The van der Waals surface area contributed by atoms with E-state index in [0.29, 0.717) is 11.5 Å². The molecule has 1 atom stereocenters. The molecule has 104 valence electrons. The zero-order valence-electron chi connectivity index (χ0n) is 10.6. The Kier molecular flexibility index (Phi) is 3.61. The SMILES string of the molecule is OC(c1cccc(C2CC2)c1)c1c(F)ccc(Br)c1F. The summed E-state index contributed by atoms with van der Waals surface area (Å²) in [4.78, 5) is 0. The number of halogens is 3. The average molecular weight is 339 g/mol. The molecule has 1 fully saturated rings. The first kappa shape index (κ1) is 13.7. The minimum Gasteiger partial charge on any atom is -0.383 e. The topological polar surface area (TPSA) is 20.2 Å². The van der Waals surface area contributed by atoms with Crippen LogP contribution in [-0.4, -0.2) is 5.11 Å². The first-order chi connectivity index (χ1) is 9.58. The fourth-order valence-electron chi connectivity index (χ4n) is 2.36. The maximum Gasteiger partial charge on any atom is 0.146 e. The molecule has 0 bridgehead atoms. The summed E-state index contributed by atoms with van der Waals surface area (Å²) in [5, 5.41) is 10.3. The van der Waals surface area contributed by atoms with E-state index in [-0.39, 0.29) is 10.0 Å². The summed E-state index contributed by atoms with van der Waals surface area (Å²) in [6, 6.07) is 9.78. The number of hydrogen-bond acceptors (Lipinski definition) is 1. The fraction of sp³-hybridized carbons (Fsp3) is 0.250. The van der Waals surface area contributed by atoms with Crippen molar-refractivity contribution in [3.05, 3.63) is 69.2 Å². The molecule has 2 aromatic rings. The Morgan fingerprint density at radius 3 is 2.60 bits per heavy atom. The molecular formula is C16H13BrF2O. The molecule has 1 unspecified atom stereocenters. The predicted octanol–water partition coefficient (Wildman–Crippen LogP) is 4.69. The van der Waals surface area contributed by atoms with Gasteiger partial charge in [-0.1, -0.05) is 24.3 Å². The van der Waals surface area contributed by atoms with E-state index >= 15 is 0 Å². The van der Waals surface area contributed by atoms with Crippen LogP contribution in [0.25, 0.3) is 0 Å². The van der Waals surface area contributed by atoms with Crippen molar-refractivity contribution < 1.29 is 13.9 Å². The molecule has 2 aromatic carbocycles. The lowest BCUT2D eigenvalue weighted by Gasteiger charge is -2.15. The molecule has 0 heterocycles. The van der Waals surface area contributed by atoms with Crippen molar-refractivity contribution in [2.24, 2.45) is 0 Å². The van der Waals surface area contributed by atoms with Crippen LogP contribution >= 0.6 is 15.9 Å². The minimum absolute atomic E-state index is 0.145. The summed E-state index contributed by atoms with van der Waals surface area (Å²) in [5.74, 6) is -0.969. The third-order valence-corrected chi connectivity index (χ3v) is 4.24. The maximum absolute atomic E-state index is 14.0. The van der Waals surface area contributed by atoms with Crippen LogP contribution < -0.4 is 0 Å². The molecule has 1 aliphatic carbocycles. The Labute approximate surface area is 124 Å². The monoisotopic (exact) mass is 338 g/mol. The zero-order valence-corrected chi connectivity index (χ0v) is 12.2. The lowest BCUT2D eigenvalue weighted by Crippen LogP contribution is -2.06. The van der Waals surface area contributed by atoms with Crippen LogP contribution in [0.3, 0.4) is 0 Å². The van der Waals surface area contributed by atoms with Crippen molar-refractivity contribution >= 4 is 15.9 Å². The zero-order chi connectivity index (χ0) is 14.3. The highest BCUT2D eigenvalue weighted by atomic mass is 79.9.